The van der Waals surface area contributed by atoms with Gasteiger partial charge in [-0.1, -0.05) is 24.3 Å². The first-order valence-corrected chi connectivity index (χ1v) is 16.5. The second-order valence-electron chi connectivity index (χ2n) is 12.6. The van der Waals surface area contributed by atoms with Crippen LogP contribution in [0.15, 0.2) is 47.3 Å². The first-order chi connectivity index (χ1) is 22.4. The van der Waals surface area contributed by atoms with Crippen LogP contribution in [0.3, 0.4) is 0 Å². The van der Waals surface area contributed by atoms with E-state index in [-0.39, 0.29) is 23.6 Å². The van der Waals surface area contributed by atoms with Gasteiger partial charge in [0.25, 0.3) is 11.5 Å². The lowest BCUT2D eigenvalue weighted by Gasteiger charge is -2.37. The summed E-state index contributed by atoms with van der Waals surface area (Å²) >= 11 is 0. The van der Waals surface area contributed by atoms with Gasteiger partial charge in [-0.15, -0.1) is 0 Å². The Labute approximate surface area is 268 Å². The highest BCUT2D eigenvalue weighted by atomic mass is 19.1. The molecule has 3 fully saturated rings. The second kappa shape index (κ2) is 15.3. The minimum absolute atomic E-state index is 0.0125. The molecule has 3 aliphatic heterocycles. The smallest absolute Gasteiger partial charge is 0.272 e. The van der Waals surface area contributed by atoms with Crippen molar-refractivity contribution in [1.82, 2.24) is 35.1 Å². The molecule has 6 rings (SSSR count). The van der Waals surface area contributed by atoms with E-state index in [1.807, 2.05) is 12.1 Å². The van der Waals surface area contributed by atoms with Crippen molar-refractivity contribution < 1.29 is 18.7 Å². The van der Waals surface area contributed by atoms with Gasteiger partial charge in [-0.05, 0) is 55.6 Å². The molecule has 11 nitrogen and oxygen atoms in total. The number of ether oxygens (including phenoxy) is 1. The number of hydrogen-bond acceptors (Lipinski definition) is 8. The molecule has 0 atom stereocenters. The number of carbonyl (C=O) groups excluding carboxylic acids is 2. The molecule has 0 saturated carbocycles. The van der Waals surface area contributed by atoms with Crippen molar-refractivity contribution in [2.75, 3.05) is 91.8 Å². The summed E-state index contributed by atoms with van der Waals surface area (Å²) in [6.45, 7) is 10.5. The van der Waals surface area contributed by atoms with Crippen LogP contribution >= 0.6 is 0 Å². The van der Waals surface area contributed by atoms with Crippen LogP contribution in [0.1, 0.15) is 34.5 Å². The third-order valence-electron chi connectivity index (χ3n) is 9.54. The lowest BCUT2D eigenvalue weighted by molar-refractivity contribution is -0.137. The minimum Gasteiger partial charge on any atom is -0.370 e. The SMILES string of the molecule is O=C(COCCN1CCN(CC2CCNCC2)CC1)N1CCN(C(=O)c2cc(Cc3n[nH]c(=O)c4ccccc34)ccc2F)CC1. The molecule has 0 radical (unpaired) electrons. The molecule has 3 saturated heterocycles. The monoisotopic (exact) mass is 633 g/mol. The first-order valence-electron chi connectivity index (χ1n) is 16.5. The van der Waals surface area contributed by atoms with Gasteiger partial charge in [0.1, 0.15) is 12.4 Å². The van der Waals surface area contributed by atoms with E-state index in [4.69, 9.17) is 4.74 Å². The van der Waals surface area contributed by atoms with Gasteiger partial charge in [-0.3, -0.25) is 19.3 Å². The molecule has 1 aromatic heterocycles. The Morgan fingerprint density at radius 1 is 0.891 bits per heavy atom. The van der Waals surface area contributed by atoms with Crippen LogP contribution < -0.4 is 10.9 Å². The Bertz CT molecular complexity index is 1560. The molecule has 46 heavy (non-hydrogen) atoms. The Kier molecular flexibility index (Phi) is 10.7. The lowest BCUT2D eigenvalue weighted by Crippen LogP contribution is -2.51. The third-order valence-corrected chi connectivity index (χ3v) is 9.54. The predicted octanol–water partition coefficient (Wildman–Crippen LogP) is 1.57. The summed E-state index contributed by atoms with van der Waals surface area (Å²) in [5, 5.41) is 11.4. The molecule has 2 amide bonds. The first kappa shape index (κ1) is 32.2. The third kappa shape index (κ3) is 7.98. The zero-order valence-corrected chi connectivity index (χ0v) is 26.4. The Hall–Kier alpha value is -3.71. The summed E-state index contributed by atoms with van der Waals surface area (Å²) in [5.74, 6) is -0.276. The van der Waals surface area contributed by atoms with Crippen LogP contribution in [0.4, 0.5) is 4.39 Å². The number of carbonyl (C=O) groups is 2. The fourth-order valence-corrected chi connectivity index (χ4v) is 6.74. The summed E-state index contributed by atoms with van der Waals surface area (Å²) in [5.41, 5.74) is 1.06. The summed E-state index contributed by atoms with van der Waals surface area (Å²) in [6.07, 6.45) is 2.88. The molecular formula is C34H44FN7O4. The fourth-order valence-electron chi connectivity index (χ4n) is 6.74. The molecule has 0 spiro atoms. The molecule has 246 valence electrons. The summed E-state index contributed by atoms with van der Waals surface area (Å²) in [4.78, 5) is 46.6. The van der Waals surface area contributed by atoms with Crippen LogP contribution in [-0.4, -0.2) is 133 Å². The number of piperidine rings is 1. The number of halogens is 1. The number of hydrogen-bond donors (Lipinski definition) is 2. The molecule has 4 heterocycles. The largest absolute Gasteiger partial charge is 0.370 e. The van der Waals surface area contributed by atoms with Crippen LogP contribution in [0, 0.1) is 11.7 Å². The van der Waals surface area contributed by atoms with Gasteiger partial charge >= 0.3 is 0 Å². The summed E-state index contributed by atoms with van der Waals surface area (Å²) < 4.78 is 20.6. The molecule has 3 aliphatic rings. The Morgan fingerprint density at radius 2 is 1.59 bits per heavy atom. The van der Waals surface area contributed by atoms with E-state index >= 15 is 0 Å². The zero-order valence-electron chi connectivity index (χ0n) is 26.4. The number of nitrogens with zero attached hydrogens (tertiary/aromatic N) is 5. The van der Waals surface area contributed by atoms with E-state index in [0.29, 0.717) is 55.9 Å². The molecular weight excluding hydrogens is 589 g/mol. The lowest BCUT2D eigenvalue weighted by atomic mass is 9.97. The highest BCUT2D eigenvalue weighted by molar-refractivity contribution is 5.95. The van der Waals surface area contributed by atoms with Crippen LogP contribution in [0.5, 0.6) is 0 Å². The molecule has 2 aromatic carbocycles. The van der Waals surface area contributed by atoms with Crippen LogP contribution in [0.2, 0.25) is 0 Å². The molecule has 0 bridgehead atoms. The van der Waals surface area contributed by atoms with Crippen molar-refractivity contribution in [3.63, 3.8) is 0 Å². The number of rotatable bonds is 10. The predicted molar refractivity (Wildman–Crippen MR) is 173 cm³/mol. The van der Waals surface area contributed by atoms with Gasteiger partial charge in [0.05, 0.1) is 23.3 Å². The highest BCUT2D eigenvalue weighted by Gasteiger charge is 2.27. The minimum atomic E-state index is -0.594. The van der Waals surface area contributed by atoms with Crippen molar-refractivity contribution >= 4 is 22.6 Å². The van der Waals surface area contributed by atoms with Gasteiger partial charge in [0, 0.05) is 77.3 Å². The maximum atomic E-state index is 14.8. The topological polar surface area (TPSA) is 114 Å². The van der Waals surface area contributed by atoms with E-state index in [1.165, 1.54) is 25.5 Å². The number of aromatic nitrogens is 2. The van der Waals surface area contributed by atoms with E-state index < -0.39 is 11.7 Å². The summed E-state index contributed by atoms with van der Waals surface area (Å²) in [7, 11) is 0. The van der Waals surface area contributed by atoms with Crippen molar-refractivity contribution in [2.24, 2.45) is 5.92 Å². The number of amides is 2. The number of fused-ring (bicyclic) bond motifs is 1. The van der Waals surface area contributed by atoms with Gasteiger partial charge in [-0.25, -0.2) is 9.49 Å². The van der Waals surface area contributed by atoms with Gasteiger partial charge in [0.15, 0.2) is 0 Å². The number of piperazine rings is 2. The van der Waals surface area contributed by atoms with E-state index in [1.54, 1.807) is 34.1 Å². The maximum Gasteiger partial charge on any atom is 0.272 e. The Balaban J connectivity index is 0.925. The normalized spacial score (nSPS) is 18.7. The number of nitrogens with one attached hydrogen (secondary N) is 2. The number of H-pyrrole nitrogens is 1. The van der Waals surface area contributed by atoms with E-state index in [2.05, 4.69) is 25.3 Å². The standard InChI is InChI=1S/C34H44FN7O4/c35-30-6-5-26(22-31-27-3-1-2-4-28(27)33(44)38-37-31)21-29(30)34(45)42-17-15-41(16-18-42)32(43)24-46-20-19-39-11-13-40(14-12-39)23-25-7-9-36-10-8-25/h1-6,21,25,36H,7-20,22-24H2,(H,38,44). The van der Waals surface area contributed by atoms with Crippen LogP contribution in [-0.2, 0) is 16.0 Å². The van der Waals surface area contributed by atoms with E-state index in [0.717, 1.165) is 57.1 Å². The molecule has 3 aromatic rings. The van der Waals surface area contributed by atoms with Crippen LogP contribution in [0.25, 0.3) is 10.8 Å². The van der Waals surface area contributed by atoms with Gasteiger partial charge in [-0.2, -0.15) is 5.10 Å². The van der Waals surface area contributed by atoms with Crippen molar-refractivity contribution in [3.05, 3.63) is 75.5 Å². The number of aromatic amines is 1. The van der Waals surface area contributed by atoms with E-state index in [9.17, 15) is 18.8 Å². The van der Waals surface area contributed by atoms with Crippen molar-refractivity contribution in [1.29, 1.82) is 0 Å². The summed E-state index contributed by atoms with van der Waals surface area (Å²) in [6, 6.07) is 11.7. The zero-order chi connectivity index (χ0) is 31.9. The average molecular weight is 634 g/mol. The van der Waals surface area contributed by atoms with Crippen molar-refractivity contribution in [3.8, 4) is 0 Å². The molecule has 0 aliphatic carbocycles. The quantitative estimate of drug-likeness (QED) is 0.324. The number of benzene rings is 2. The fraction of sp³-hybridized carbons (Fsp3) is 0.529. The molecule has 2 N–H and O–H groups in total. The molecule has 0 unspecified atom stereocenters. The average Bonchev–Trinajstić information content (AvgIpc) is 3.09. The second-order valence-corrected chi connectivity index (χ2v) is 12.6. The maximum absolute atomic E-state index is 14.8. The highest BCUT2D eigenvalue weighted by Crippen LogP contribution is 2.20. The Morgan fingerprint density at radius 3 is 2.35 bits per heavy atom. The van der Waals surface area contributed by atoms with Gasteiger partial charge < -0.3 is 24.8 Å². The van der Waals surface area contributed by atoms with Gasteiger partial charge in [0.2, 0.25) is 5.91 Å². The van der Waals surface area contributed by atoms with Crippen molar-refractivity contribution in [2.45, 2.75) is 19.3 Å². The molecule has 12 heteroatoms.